The van der Waals surface area contributed by atoms with Crippen molar-refractivity contribution >= 4 is 11.6 Å². The van der Waals surface area contributed by atoms with Gasteiger partial charge in [-0.1, -0.05) is 0 Å². The molecule has 0 aromatic carbocycles. The minimum atomic E-state index is -0.0692. The summed E-state index contributed by atoms with van der Waals surface area (Å²) in [7, 11) is 0. The summed E-state index contributed by atoms with van der Waals surface area (Å²) in [5.41, 5.74) is 0. The Bertz CT molecular complexity index is 188. The molecule has 0 spiro atoms. The molecule has 0 aliphatic heterocycles. The molecule has 4 saturated carbocycles. The first kappa shape index (κ1) is 7.64. The molecular weight excluding hydrogens is 172 g/mol. The molecule has 4 bridgehead atoms. The van der Waals surface area contributed by atoms with E-state index in [2.05, 4.69) is 0 Å². The summed E-state index contributed by atoms with van der Waals surface area (Å²) in [5, 5.41) is 10.2. The van der Waals surface area contributed by atoms with E-state index in [0.717, 1.165) is 11.8 Å². The molecule has 4 fully saturated rings. The first-order valence-electron chi connectivity index (χ1n) is 5.08. The van der Waals surface area contributed by atoms with Gasteiger partial charge in [-0.3, -0.25) is 0 Å². The Balaban J connectivity index is 1.93. The number of hydrogen-bond acceptors (Lipinski definition) is 1. The average Bonchev–Trinajstić information content (AvgIpc) is 2.07. The highest BCUT2D eigenvalue weighted by atomic mass is 35.5. The summed E-state index contributed by atoms with van der Waals surface area (Å²) >= 11 is 6.31. The van der Waals surface area contributed by atoms with Gasteiger partial charge in [-0.15, -0.1) is 11.6 Å². The van der Waals surface area contributed by atoms with Gasteiger partial charge in [-0.2, -0.15) is 0 Å². The second kappa shape index (κ2) is 2.39. The first-order valence-corrected chi connectivity index (χ1v) is 5.51. The zero-order valence-corrected chi connectivity index (χ0v) is 7.87. The Labute approximate surface area is 78.1 Å². The van der Waals surface area contributed by atoms with Crippen molar-refractivity contribution in [3.63, 3.8) is 0 Å². The maximum absolute atomic E-state index is 9.91. The molecule has 0 saturated heterocycles. The molecule has 0 radical (unpaired) electrons. The topological polar surface area (TPSA) is 20.2 Å². The number of halogens is 1. The maximum Gasteiger partial charge on any atom is 0.0611 e. The van der Waals surface area contributed by atoms with Crippen LogP contribution in [0.4, 0.5) is 0 Å². The van der Waals surface area contributed by atoms with Crippen LogP contribution in [0.1, 0.15) is 25.7 Å². The number of hydrogen-bond donors (Lipinski definition) is 1. The SMILES string of the molecule is O[C@@H]1C2CC3CC(C2)[C@H](Cl)C1C3. The van der Waals surface area contributed by atoms with Gasteiger partial charge in [0.15, 0.2) is 0 Å². The molecular formula is C10H15ClO. The van der Waals surface area contributed by atoms with E-state index in [0.29, 0.717) is 11.8 Å². The van der Waals surface area contributed by atoms with Crippen molar-refractivity contribution in [2.24, 2.45) is 23.7 Å². The van der Waals surface area contributed by atoms with Gasteiger partial charge in [0.05, 0.1) is 6.10 Å². The number of aliphatic hydroxyl groups is 1. The van der Waals surface area contributed by atoms with Gasteiger partial charge in [0, 0.05) is 11.3 Å². The quantitative estimate of drug-likeness (QED) is 0.574. The third-order valence-corrected chi connectivity index (χ3v) is 4.94. The second-order valence-electron chi connectivity index (χ2n) is 4.93. The molecule has 4 aliphatic carbocycles. The lowest BCUT2D eigenvalue weighted by Crippen LogP contribution is -2.54. The molecule has 68 valence electrons. The van der Waals surface area contributed by atoms with Crippen LogP contribution in [0.2, 0.25) is 0 Å². The van der Waals surface area contributed by atoms with Crippen LogP contribution in [0.25, 0.3) is 0 Å². The van der Waals surface area contributed by atoms with Crippen molar-refractivity contribution in [1.29, 1.82) is 0 Å². The van der Waals surface area contributed by atoms with Crippen LogP contribution in [-0.4, -0.2) is 16.6 Å². The Morgan fingerprint density at radius 1 is 1.00 bits per heavy atom. The first-order chi connectivity index (χ1) is 5.75. The fraction of sp³-hybridized carbons (Fsp3) is 1.00. The summed E-state index contributed by atoms with van der Waals surface area (Å²) in [6.45, 7) is 0. The summed E-state index contributed by atoms with van der Waals surface area (Å²) in [6, 6.07) is 0. The van der Waals surface area contributed by atoms with Gasteiger partial charge in [-0.05, 0) is 43.4 Å². The monoisotopic (exact) mass is 186 g/mol. The van der Waals surface area contributed by atoms with Crippen molar-refractivity contribution in [2.75, 3.05) is 0 Å². The van der Waals surface area contributed by atoms with E-state index < -0.39 is 0 Å². The molecule has 1 N–H and O–H groups in total. The van der Waals surface area contributed by atoms with E-state index in [1.807, 2.05) is 0 Å². The van der Waals surface area contributed by atoms with E-state index in [1.165, 1.54) is 25.7 Å². The molecule has 4 rings (SSSR count). The highest BCUT2D eigenvalue weighted by molar-refractivity contribution is 6.21. The third kappa shape index (κ3) is 0.843. The van der Waals surface area contributed by atoms with Crippen molar-refractivity contribution < 1.29 is 5.11 Å². The minimum Gasteiger partial charge on any atom is -0.392 e. The predicted octanol–water partition coefficient (Wildman–Crippen LogP) is 2.02. The van der Waals surface area contributed by atoms with E-state index in [9.17, 15) is 5.11 Å². The van der Waals surface area contributed by atoms with Gasteiger partial charge in [0.2, 0.25) is 0 Å². The normalized spacial score (nSPS) is 62.5. The summed E-state index contributed by atoms with van der Waals surface area (Å²) in [5.74, 6) is 2.67. The Morgan fingerprint density at radius 2 is 1.75 bits per heavy atom. The van der Waals surface area contributed by atoms with Crippen molar-refractivity contribution in [1.82, 2.24) is 0 Å². The van der Waals surface area contributed by atoms with Crippen LogP contribution < -0.4 is 0 Å². The number of rotatable bonds is 0. The highest BCUT2D eigenvalue weighted by Crippen LogP contribution is 2.55. The Morgan fingerprint density at radius 3 is 2.58 bits per heavy atom. The number of aliphatic hydroxyl groups excluding tert-OH is 1. The smallest absolute Gasteiger partial charge is 0.0611 e. The molecule has 0 aromatic rings. The van der Waals surface area contributed by atoms with E-state index in [4.69, 9.17) is 11.6 Å². The van der Waals surface area contributed by atoms with E-state index >= 15 is 0 Å². The van der Waals surface area contributed by atoms with Gasteiger partial charge < -0.3 is 5.11 Å². The standard InChI is InChI=1S/C10H15ClO/c11-9-6-1-5-2-7(4-6)10(12)8(9)3-5/h5-10,12H,1-4H2/t5?,6?,7?,8?,9-,10+/m0/s1. The molecule has 4 aliphatic rings. The second-order valence-corrected chi connectivity index (χ2v) is 5.43. The van der Waals surface area contributed by atoms with Gasteiger partial charge in [-0.25, -0.2) is 0 Å². The lowest BCUT2D eigenvalue weighted by molar-refractivity contribution is -0.0886. The molecule has 4 unspecified atom stereocenters. The molecule has 12 heavy (non-hydrogen) atoms. The Kier molecular flexibility index (Phi) is 1.52. The molecule has 6 atom stereocenters. The van der Waals surface area contributed by atoms with Crippen LogP contribution in [0, 0.1) is 23.7 Å². The number of alkyl halides is 1. The minimum absolute atomic E-state index is 0.0692. The molecule has 0 amide bonds. The summed E-state index contributed by atoms with van der Waals surface area (Å²) in [4.78, 5) is 0. The average molecular weight is 187 g/mol. The van der Waals surface area contributed by atoms with Crippen LogP contribution in [0.3, 0.4) is 0 Å². The van der Waals surface area contributed by atoms with Crippen molar-refractivity contribution in [3.05, 3.63) is 0 Å². The van der Waals surface area contributed by atoms with E-state index in [-0.39, 0.29) is 11.5 Å². The predicted molar refractivity (Wildman–Crippen MR) is 48.1 cm³/mol. The fourth-order valence-electron chi connectivity index (χ4n) is 3.81. The van der Waals surface area contributed by atoms with Crippen molar-refractivity contribution in [3.8, 4) is 0 Å². The summed E-state index contributed by atoms with van der Waals surface area (Å²) in [6.07, 6.45) is 4.94. The maximum atomic E-state index is 9.91. The van der Waals surface area contributed by atoms with Crippen LogP contribution >= 0.6 is 11.6 Å². The lowest BCUT2D eigenvalue weighted by atomic mass is 9.55. The summed E-state index contributed by atoms with van der Waals surface area (Å²) < 4.78 is 0. The third-order valence-electron chi connectivity index (χ3n) is 4.26. The molecule has 0 aromatic heterocycles. The lowest BCUT2D eigenvalue weighted by Gasteiger charge is -2.55. The Hall–Kier alpha value is 0.250. The molecule has 1 nitrogen and oxygen atoms in total. The van der Waals surface area contributed by atoms with Crippen LogP contribution in [0.15, 0.2) is 0 Å². The fourth-order valence-corrected chi connectivity index (χ4v) is 4.26. The van der Waals surface area contributed by atoms with Gasteiger partial charge >= 0.3 is 0 Å². The molecule has 0 heterocycles. The van der Waals surface area contributed by atoms with Crippen molar-refractivity contribution in [2.45, 2.75) is 37.2 Å². The zero-order valence-electron chi connectivity index (χ0n) is 7.12. The van der Waals surface area contributed by atoms with E-state index in [1.54, 1.807) is 0 Å². The van der Waals surface area contributed by atoms with Crippen LogP contribution in [-0.2, 0) is 0 Å². The van der Waals surface area contributed by atoms with Crippen LogP contribution in [0.5, 0.6) is 0 Å². The van der Waals surface area contributed by atoms with Gasteiger partial charge in [0.25, 0.3) is 0 Å². The highest BCUT2D eigenvalue weighted by Gasteiger charge is 2.52. The van der Waals surface area contributed by atoms with Gasteiger partial charge in [0.1, 0.15) is 0 Å². The largest absolute Gasteiger partial charge is 0.392 e. The zero-order chi connectivity index (χ0) is 8.29. The molecule has 2 heteroatoms.